The number of hydrogen-bond donors (Lipinski definition) is 1. The molecule has 0 saturated carbocycles. The second-order valence-corrected chi connectivity index (χ2v) is 4.87. The third-order valence-electron chi connectivity index (χ3n) is 3.03. The fourth-order valence-corrected chi connectivity index (χ4v) is 1.91. The molecule has 1 atom stereocenters. The third kappa shape index (κ3) is 4.52. The van der Waals surface area contributed by atoms with Crippen molar-refractivity contribution < 1.29 is 4.79 Å². The maximum Gasteiger partial charge on any atom is 0.239 e. The van der Waals surface area contributed by atoms with E-state index in [1.165, 1.54) is 0 Å². The van der Waals surface area contributed by atoms with Crippen molar-refractivity contribution in [2.45, 2.75) is 59.5 Å². The Morgan fingerprint density at radius 1 is 1.19 bits per heavy atom. The summed E-state index contributed by atoms with van der Waals surface area (Å²) < 4.78 is 0. The monoisotopic (exact) mass is 228 g/mol. The molecule has 0 radical (unpaired) electrons. The van der Waals surface area contributed by atoms with Crippen LogP contribution >= 0.6 is 0 Å². The van der Waals surface area contributed by atoms with Crippen molar-refractivity contribution in [2.24, 2.45) is 5.92 Å². The molecule has 3 heteroatoms. The Labute approximate surface area is 101 Å². The minimum atomic E-state index is -0.0839. The molecule has 0 aliphatic rings. The zero-order chi connectivity index (χ0) is 12.7. The Balaban J connectivity index is 4.70. The SMILES string of the molecule is CCC(CC)N(CC(C)C)C(=O)C(C)NC. The van der Waals surface area contributed by atoms with Crippen molar-refractivity contribution in [2.75, 3.05) is 13.6 Å². The van der Waals surface area contributed by atoms with Gasteiger partial charge in [0.1, 0.15) is 0 Å². The highest BCUT2D eigenvalue weighted by Crippen LogP contribution is 2.13. The molecule has 0 rings (SSSR count). The number of hydrogen-bond acceptors (Lipinski definition) is 2. The van der Waals surface area contributed by atoms with E-state index in [9.17, 15) is 4.79 Å². The lowest BCUT2D eigenvalue weighted by molar-refractivity contribution is -0.136. The van der Waals surface area contributed by atoms with Gasteiger partial charge in [-0.2, -0.15) is 0 Å². The van der Waals surface area contributed by atoms with Crippen LogP contribution in [0.4, 0.5) is 0 Å². The number of carbonyl (C=O) groups is 1. The summed E-state index contributed by atoms with van der Waals surface area (Å²) in [5, 5.41) is 3.03. The van der Waals surface area contributed by atoms with E-state index in [4.69, 9.17) is 0 Å². The molecule has 96 valence electrons. The molecule has 0 aromatic rings. The van der Waals surface area contributed by atoms with Crippen molar-refractivity contribution in [3.63, 3.8) is 0 Å². The number of nitrogens with zero attached hydrogens (tertiary/aromatic N) is 1. The van der Waals surface area contributed by atoms with E-state index in [1.54, 1.807) is 0 Å². The number of likely N-dealkylation sites (N-methyl/N-ethyl adjacent to an activating group) is 1. The summed E-state index contributed by atoms with van der Waals surface area (Å²) >= 11 is 0. The molecule has 0 fully saturated rings. The van der Waals surface area contributed by atoms with Gasteiger partial charge in [-0.25, -0.2) is 0 Å². The first kappa shape index (κ1) is 15.4. The van der Waals surface area contributed by atoms with Gasteiger partial charge in [-0.15, -0.1) is 0 Å². The molecule has 0 heterocycles. The van der Waals surface area contributed by atoms with Gasteiger partial charge in [0, 0.05) is 12.6 Å². The van der Waals surface area contributed by atoms with Crippen LogP contribution < -0.4 is 5.32 Å². The molecular weight excluding hydrogens is 200 g/mol. The molecule has 0 aliphatic carbocycles. The lowest BCUT2D eigenvalue weighted by Crippen LogP contribution is -2.49. The maximum absolute atomic E-state index is 12.2. The Morgan fingerprint density at radius 3 is 2.00 bits per heavy atom. The summed E-state index contributed by atoms with van der Waals surface area (Å²) in [5.41, 5.74) is 0. The van der Waals surface area contributed by atoms with Crippen molar-refractivity contribution in [1.29, 1.82) is 0 Å². The highest BCUT2D eigenvalue weighted by molar-refractivity contribution is 5.81. The zero-order valence-electron chi connectivity index (χ0n) is 11.7. The summed E-state index contributed by atoms with van der Waals surface area (Å²) in [7, 11) is 1.84. The summed E-state index contributed by atoms with van der Waals surface area (Å²) in [5.74, 6) is 0.749. The van der Waals surface area contributed by atoms with Crippen molar-refractivity contribution >= 4 is 5.91 Å². The van der Waals surface area contributed by atoms with E-state index in [1.807, 2.05) is 18.9 Å². The quantitative estimate of drug-likeness (QED) is 0.725. The first-order chi connectivity index (χ1) is 7.47. The molecule has 1 unspecified atom stereocenters. The molecule has 0 aromatic carbocycles. The van der Waals surface area contributed by atoms with Crippen molar-refractivity contribution in [3.8, 4) is 0 Å². The second kappa shape index (κ2) is 7.66. The zero-order valence-corrected chi connectivity index (χ0v) is 11.7. The fraction of sp³-hybridized carbons (Fsp3) is 0.923. The third-order valence-corrected chi connectivity index (χ3v) is 3.03. The standard InChI is InChI=1S/C13H28N2O/c1-7-12(8-2)15(9-10(3)4)13(16)11(5)14-6/h10-12,14H,7-9H2,1-6H3. The van der Waals surface area contributed by atoms with Gasteiger partial charge < -0.3 is 10.2 Å². The summed E-state index contributed by atoms with van der Waals surface area (Å²) in [6.07, 6.45) is 2.07. The van der Waals surface area contributed by atoms with Gasteiger partial charge in [0.15, 0.2) is 0 Å². The van der Waals surface area contributed by atoms with E-state index in [2.05, 4.69) is 33.0 Å². The van der Waals surface area contributed by atoms with Crippen LogP contribution in [-0.2, 0) is 4.79 Å². The first-order valence-corrected chi connectivity index (χ1v) is 6.45. The number of amides is 1. The van der Waals surface area contributed by atoms with Crippen LogP contribution in [0.2, 0.25) is 0 Å². The van der Waals surface area contributed by atoms with Gasteiger partial charge in [0.05, 0.1) is 6.04 Å². The number of nitrogens with one attached hydrogen (secondary N) is 1. The van der Waals surface area contributed by atoms with Gasteiger partial charge in [-0.1, -0.05) is 27.7 Å². The first-order valence-electron chi connectivity index (χ1n) is 6.45. The van der Waals surface area contributed by atoms with Gasteiger partial charge in [0.25, 0.3) is 0 Å². The van der Waals surface area contributed by atoms with Crippen LogP contribution in [0.25, 0.3) is 0 Å². The molecular formula is C13H28N2O. The van der Waals surface area contributed by atoms with Crippen LogP contribution in [0.5, 0.6) is 0 Å². The molecule has 0 aromatic heterocycles. The largest absolute Gasteiger partial charge is 0.338 e. The van der Waals surface area contributed by atoms with Crippen LogP contribution in [-0.4, -0.2) is 36.5 Å². The van der Waals surface area contributed by atoms with E-state index < -0.39 is 0 Å². The second-order valence-electron chi connectivity index (χ2n) is 4.87. The lowest BCUT2D eigenvalue weighted by atomic mass is 10.1. The van der Waals surface area contributed by atoms with Gasteiger partial charge in [-0.05, 0) is 32.7 Å². The van der Waals surface area contributed by atoms with Gasteiger partial charge in [-0.3, -0.25) is 4.79 Å². The smallest absolute Gasteiger partial charge is 0.239 e. The van der Waals surface area contributed by atoms with E-state index >= 15 is 0 Å². The van der Waals surface area contributed by atoms with Gasteiger partial charge in [0.2, 0.25) is 5.91 Å². The molecule has 0 spiro atoms. The number of rotatable bonds is 7. The Hall–Kier alpha value is -0.570. The molecule has 0 saturated heterocycles. The highest BCUT2D eigenvalue weighted by Gasteiger charge is 2.24. The van der Waals surface area contributed by atoms with Crippen LogP contribution in [0.1, 0.15) is 47.5 Å². The maximum atomic E-state index is 12.2. The average molecular weight is 228 g/mol. The lowest BCUT2D eigenvalue weighted by Gasteiger charge is -2.34. The molecule has 0 aliphatic heterocycles. The van der Waals surface area contributed by atoms with Crippen molar-refractivity contribution in [3.05, 3.63) is 0 Å². The predicted octanol–water partition coefficient (Wildman–Crippen LogP) is 2.27. The molecule has 0 bridgehead atoms. The van der Waals surface area contributed by atoms with Crippen LogP contribution in [0, 0.1) is 5.92 Å². The minimum Gasteiger partial charge on any atom is -0.338 e. The fourth-order valence-electron chi connectivity index (χ4n) is 1.91. The highest BCUT2D eigenvalue weighted by atomic mass is 16.2. The topological polar surface area (TPSA) is 32.3 Å². The van der Waals surface area contributed by atoms with Crippen LogP contribution in [0.15, 0.2) is 0 Å². The van der Waals surface area contributed by atoms with E-state index in [0.29, 0.717) is 12.0 Å². The Morgan fingerprint density at radius 2 is 1.69 bits per heavy atom. The Bertz CT molecular complexity index is 200. The predicted molar refractivity (Wildman–Crippen MR) is 69.4 cm³/mol. The summed E-state index contributed by atoms with van der Waals surface area (Å²) in [6.45, 7) is 11.4. The van der Waals surface area contributed by atoms with E-state index in [-0.39, 0.29) is 11.9 Å². The molecule has 16 heavy (non-hydrogen) atoms. The van der Waals surface area contributed by atoms with Crippen molar-refractivity contribution in [1.82, 2.24) is 10.2 Å². The normalized spacial score (nSPS) is 13.2. The number of carbonyl (C=O) groups excluding carboxylic acids is 1. The molecule has 3 nitrogen and oxygen atoms in total. The van der Waals surface area contributed by atoms with Gasteiger partial charge >= 0.3 is 0 Å². The molecule has 1 N–H and O–H groups in total. The Kier molecular flexibility index (Phi) is 7.39. The summed E-state index contributed by atoms with van der Waals surface area (Å²) in [4.78, 5) is 14.3. The summed E-state index contributed by atoms with van der Waals surface area (Å²) in [6, 6.07) is 0.296. The van der Waals surface area contributed by atoms with Crippen LogP contribution in [0.3, 0.4) is 0 Å². The molecule has 1 amide bonds. The minimum absolute atomic E-state index is 0.0839. The van der Waals surface area contributed by atoms with E-state index in [0.717, 1.165) is 19.4 Å². The average Bonchev–Trinajstić information content (AvgIpc) is 2.26.